The highest BCUT2D eigenvalue weighted by Crippen LogP contribution is 2.23. The van der Waals surface area contributed by atoms with Crippen molar-refractivity contribution in [3.05, 3.63) is 23.4 Å². The standard InChI is InChI=1S/C9H15N3O/c1-9(2,3)8(11-13)7-12-6-4-5-10-12/h4-6,8H,7H2,1-3H3. The van der Waals surface area contributed by atoms with Crippen LogP contribution in [0.5, 0.6) is 0 Å². The number of hydrogen-bond donors (Lipinski definition) is 0. The summed E-state index contributed by atoms with van der Waals surface area (Å²) in [5.41, 5.74) is -0.103. The molecule has 1 rings (SSSR count). The molecule has 13 heavy (non-hydrogen) atoms. The molecular weight excluding hydrogens is 166 g/mol. The van der Waals surface area contributed by atoms with Gasteiger partial charge in [-0.3, -0.25) is 4.68 Å². The lowest BCUT2D eigenvalue weighted by Crippen LogP contribution is -2.28. The van der Waals surface area contributed by atoms with Crippen LogP contribution in [0.2, 0.25) is 0 Å². The van der Waals surface area contributed by atoms with Crippen LogP contribution in [0.15, 0.2) is 23.6 Å². The first-order chi connectivity index (χ1) is 6.04. The van der Waals surface area contributed by atoms with E-state index < -0.39 is 0 Å². The Kier molecular flexibility index (Phi) is 2.80. The molecule has 0 spiro atoms. The third-order valence-electron chi connectivity index (χ3n) is 2.05. The fraction of sp³-hybridized carbons (Fsp3) is 0.667. The van der Waals surface area contributed by atoms with Crippen LogP contribution in [0.4, 0.5) is 0 Å². The van der Waals surface area contributed by atoms with E-state index in [1.165, 1.54) is 0 Å². The zero-order chi connectivity index (χ0) is 9.90. The molecule has 1 aromatic heterocycles. The molecule has 0 aromatic carbocycles. The van der Waals surface area contributed by atoms with Crippen molar-refractivity contribution in [3.63, 3.8) is 0 Å². The van der Waals surface area contributed by atoms with Gasteiger partial charge in [-0.05, 0) is 11.5 Å². The fourth-order valence-corrected chi connectivity index (χ4v) is 1.05. The van der Waals surface area contributed by atoms with Gasteiger partial charge in [0.25, 0.3) is 0 Å². The van der Waals surface area contributed by atoms with E-state index in [1.54, 1.807) is 10.9 Å². The third kappa shape index (κ3) is 2.65. The molecule has 0 aliphatic heterocycles. The highest BCUT2D eigenvalue weighted by atomic mass is 16.3. The molecule has 0 N–H and O–H groups in total. The van der Waals surface area contributed by atoms with Crippen molar-refractivity contribution < 1.29 is 0 Å². The lowest BCUT2D eigenvalue weighted by Gasteiger charge is -2.24. The number of nitroso groups, excluding NO2 is 1. The molecule has 0 saturated carbocycles. The van der Waals surface area contributed by atoms with Crippen molar-refractivity contribution in [3.8, 4) is 0 Å². The highest BCUT2D eigenvalue weighted by Gasteiger charge is 2.25. The molecule has 0 radical (unpaired) electrons. The zero-order valence-corrected chi connectivity index (χ0v) is 8.27. The smallest absolute Gasteiger partial charge is 0.116 e. The van der Waals surface area contributed by atoms with Crippen molar-refractivity contribution in [2.45, 2.75) is 33.4 Å². The van der Waals surface area contributed by atoms with Gasteiger partial charge in [-0.2, -0.15) is 10.0 Å². The minimum absolute atomic E-state index is 0.103. The largest absolute Gasteiger partial charge is 0.270 e. The van der Waals surface area contributed by atoms with Crippen LogP contribution in [0.25, 0.3) is 0 Å². The number of rotatable bonds is 3. The van der Waals surface area contributed by atoms with Crippen LogP contribution in [-0.2, 0) is 6.54 Å². The van der Waals surface area contributed by atoms with Crippen LogP contribution < -0.4 is 0 Å². The van der Waals surface area contributed by atoms with Crippen LogP contribution in [0.3, 0.4) is 0 Å². The summed E-state index contributed by atoms with van der Waals surface area (Å²) < 4.78 is 1.73. The van der Waals surface area contributed by atoms with E-state index in [0.717, 1.165) is 0 Å². The second kappa shape index (κ2) is 3.68. The van der Waals surface area contributed by atoms with E-state index in [-0.39, 0.29) is 11.5 Å². The van der Waals surface area contributed by atoms with Crippen molar-refractivity contribution in [1.82, 2.24) is 9.78 Å². The summed E-state index contributed by atoms with van der Waals surface area (Å²) in [4.78, 5) is 10.6. The second-order valence-corrected chi connectivity index (χ2v) is 4.22. The molecule has 0 aliphatic rings. The molecule has 72 valence electrons. The van der Waals surface area contributed by atoms with Gasteiger partial charge in [0.15, 0.2) is 0 Å². The summed E-state index contributed by atoms with van der Waals surface area (Å²) in [6, 6.07) is 1.61. The van der Waals surface area contributed by atoms with Gasteiger partial charge in [-0.25, -0.2) is 0 Å². The molecule has 1 unspecified atom stereocenters. The van der Waals surface area contributed by atoms with Crippen molar-refractivity contribution in [1.29, 1.82) is 0 Å². The Labute approximate surface area is 77.9 Å². The molecule has 1 atom stereocenters. The predicted molar refractivity (Wildman–Crippen MR) is 51.3 cm³/mol. The Morgan fingerprint density at radius 2 is 2.23 bits per heavy atom. The van der Waals surface area contributed by atoms with E-state index >= 15 is 0 Å². The summed E-state index contributed by atoms with van der Waals surface area (Å²) in [5.74, 6) is 0. The number of aromatic nitrogens is 2. The van der Waals surface area contributed by atoms with E-state index in [9.17, 15) is 4.91 Å². The molecule has 4 heteroatoms. The summed E-state index contributed by atoms with van der Waals surface area (Å²) in [6.07, 6.45) is 3.54. The SMILES string of the molecule is CC(C)(C)C(Cn1cccn1)N=O. The summed E-state index contributed by atoms with van der Waals surface area (Å²) in [6.45, 7) is 6.56. The number of hydrogen-bond acceptors (Lipinski definition) is 3. The van der Waals surface area contributed by atoms with Crippen LogP contribution in [-0.4, -0.2) is 15.8 Å². The third-order valence-corrected chi connectivity index (χ3v) is 2.05. The maximum Gasteiger partial charge on any atom is 0.116 e. The lowest BCUT2D eigenvalue weighted by atomic mass is 9.87. The minimum Gasteiger partial charge on any atom is -0.270 e. The van der Waals surface area contributed by atoms with Crippen molar-refractivity contribution >= 4 is 0 Å². The first-order valence-electron chi connectivity index (χ1n) is 4.34. The van der Waals surface area contributed by atoms with Crippen LogP contribution in [0, 0.1) is 10.3 Å². The van der Waals surface area contributed by atoms with E-state index in [4.69, 9.17) is 0 Å². The Hall–Kier alpha value is -1.19. The van der Waals surface area contributed by atoms with Gasteiger partial charge in [-0.1, -0.05) is 25.9 Å². The Morgan fingerprint density at radius 3 is 2.62 bits per heavy atom. The molecule has 0 saturated heterocycles. The average molecular weight is 181 g/mol. The summed E-state index contributed by atoms with van der Waals surface area (Å²) >= 11 is 0. The molecule has 0 amide bonds. The first kappa shape index (κ1) is 9.89. The fourth-order valence-electron chi connectivity index (χ4n) is 1.05. The normalized spacial score (nSPS) is 14.1. The molecule has 1 heterocycles. The zero-order valence-electron chi connectivity index (χ0n) is 8.27. The average Bonchev–Trinajstić information content (AvgIpc) is 2.49. The summed E-state index contributed by atoms with van der Waals surface area (Å²) in [5, 5.41) is 7.16. The van der Waals surface area contributed by atoms with Crippen LogP contribution in [0.1, 0.15) is 20.8 Å². The maximum absolute atomic E-state index is 10.6. The van der Waals surface area contributed by atoms with E-state index in [1.807, 2.05) is 33.0 Å². The topological polar surface area (TPSA) is 47.2 Å². The van der Waals surface area contributed by atoms with Gasteiger partial charge in [0.1, 0.15) is 6.04 Å². The maximum atomic E-state index is 10.6. The Morgan fingerprint density at radius 1 is 1.54 bits per heavy atom. The molecule has 0 fully saturated rings. The Bertz CT molecular complexity index is 261. The van der Waals surface area contributed by atoms with Crippen molar-refractivity contribution in [2.75, 3.05) is 0 Å². The van der Waals surface area contributed by atoms with Gasteiger partial charge in [-0.15, -0.1) is 0 Å². The molecule has 0 bridgehead atoms. The van der Waals surface area contributed by atoms with E-state index in [0.29, 0.717) is 6.54 Å². The number of nitrogens with zero attached hydrogens (tertiary/aromatic N) is 3. The van der Waals surface area contributed by atoms with Gasteiger partial charge < -0.3 is 0 Å². The molecule has 1 aromatic rings. The Balaban J connectivity index is 2.66. The van der Waals surface area contributed by atoms with Gasteiger partial charge in [0, 0.05) is 12.4 Å². The minimum atomic E-state index is -0.229. The van der Waals surface area contributed by atoms with E-state index in [2.05, 4.69) is 10.3 Å². The first-order valence-corrected chi connectivity index (χ1v) is 4.34. The summed E-state index contributed by atoms with van der Waals surface area (Å²) in [7, 11) is 0. The van der Waals surface area contributed by atoms with Gasteiger partial charge in [0.2, 0.25) is 0 Å². The second-order valence-electron chi connectivity index (χ2n) is 4.22. The molecular formula is C9H15N3O. The monoisotopic (exact) mass is 181 g/mol. The van der Waals surface area contributed by atoms with Crippen LogP contribution >= 0.6 is 0 Å². The highest BCUT2D eigenvalue weighted by molar-refractivity contribution is 4.84. The van der Waals surface area contributed by atoms with Gasteiger partial charge in [0.05, 0.1) is 6.54 Å². The van der Waals surface area contributed by atoms with Gasteiger partial charge >= 0.3 is 0 Å². The van der Waals surface area contributed by atoms with Crippen molar-refractivity contribution in [2.24, 2.45) is 10.6 Å². The molecule has 4 nitrogen and oxygen atoms in total. The lowest BCUT2D eigenvalue weighted by molar-refractivity contribution is 0.284. The molecule has 0 aliphatic carbocycles. The predicted octanol–water partition coefficient (Wildman–Crippen LogP) is 2.06. The quantitative estimate of drug-likeness (QED) is 0.670.